The lowest BCUT2D eigenvalue weighted by Gasteiger charge is -2.16. The highest BCUT2D eigenvalue weighted by Crippen LogP contribution is 2.20. The van der Waals surface area contributed by atoms with Crippen LogP contribution >= 0.6 is 0 Å². The van der Waals surface area contributed by atoms with Crippen molar-refractivity contribution in [3.05, 3.63) is 30.1 Å². The minimum atomic E-state index is 0.204. The van der Waals surface area contributed by atoms with E-state index in [1.54, 1.807) is 0 Å². The van der Waals surface area contributed by atoms with Crippen molar-refractivity contribution in [2.24, 2.45) is 5.84 Å². The Morgan fingerprint density at radius 2 is 2.28 bits per heavy atom. The highest BCUT2D eigenvalue weighted by molar-refractivity contribution is 5.13. The van der Waals surface area contributed by atoms with Crippen molar-refractivity contribution in [2.75, 3.05) is 0 Å². The van der Waals surface area contributed by atoms with Gasteiger partial charge in [-0.1, -0.05) is 18.9 Å². The third kappa shape index (κ3) is 4.27. The van der Waals surface area contributed by atoms with Gasteiger partial charge in [-0.25, -0.2) is 0 Å². The van der Waals surface area contributed by atoms with Gasteiger partial charge >= 0.3 is 0 Å². The summed E-state index contributed by atoms with van der Waals surface area (Å²) in [5.41, 5.74) is 5.17. The summed E-state index contributed by atoms with van der Waals surface area (Å²) in [5.74, 6) is 5.67. The molecule has 0 amide bonds. The van der Waals surface area contributed by atoms with Gasteiger partial charge in [0.15, 0.2) is 0 Å². The number of aryl methyl sites for hydroxylation is 2. The monoisotopic (exact) mass is 250 g/mol. The van der Waals surface area contributed by atoms with Crippen molar-refractivity contribution < 1.29 is 0 Å². The van der Waals surface area contributed by atoms with E-state index in [0.29, 0.717) is 0 Å². The van der Waals surface area contributed by atoms with Gasteiger partial charge < -0.3 is 0 Å². The van der Waals surface area contributed by atoms with Crippen LogP contribution in [0, 0.1) is 6.92 Å². The number of unbranched alkanes of at least 4 members (excludes halogenated alkanes) is 3. The molecule has 1 heterocycles. The largest absolute Gasteiger partial charge is 0.271 e. The number of allylic oxidation sites excluding steroid dienone is 1. The third-order valence-corrected chi connectivity index (χ3v) is 3.19. The summed E-state index contributed by atoms with van der Waals surface area (Å²) in [7, 11) is 0. The Hall–Kier alpha value is -1.13. The van der Waals surface area contributed by atoms with Crippen LogP contribution in [0.3, 0.4) is 0 Å². The number of rotatable bonds is 9. The molecule has 0 fully saturated rings. The fraction of sp³-hybridized carbons (Fsp3) is 0.643. The molecule has 0 spiro atoms. The predicted molar refractivity (Wildman–Crippen MR) is 76.0 cm³/mol. The molecule has 0 aliphatic carbocycles. The molecule has 1 aromatic rings. The standard InChI is InChI=1S/C14H26N4/c1-4-6-7-8-9-10-13(16-15)14-11-12(3)17-18(14)5-2/h4,11,13,16H,1,5-10,15H2,2-3H3. The Morgan fingerprint density at radius 1 is 1.50 bits per heavy atom. The quantitative estimate of drug-likeness (QED) is 0.307. The second-order valence-electron chi connectivity index (χ2n) is 4.67. The zero-order valence-electron chi connectivity index (χ0n) is 11.7. The Bertz CT molecular complexity index is 357. The lowest BCUT2D eigenvalue weighted by atomic mass is 10.0. The van der Waals surface area contributed by atoms with Crippen LogP contribution in [0.5, 0.6) is 0 Å². The molecule has 0 radical (unpaired) electrons. The second kappa shape index (κ2) is 8.06. The topological polar surface area (TPSA) is 55.9 Å². The molecular formula is C14H26N4. The molecule has 0 saturated heterocycles. The molecule has 0 aliphatic rings. The third-order valence-electron chi connectivity index (χ3n) is 3.19. The molecule has 1 unspecified atom stereocenters. The molecule has 1 atom stereocenters. The van der Waals surface area contributed by atoms with Crippen molar-refractivity contribution >= 4 is 0 Å². The average molecular weight is 250 g/mol. The SMILES string of the molecule is C=CCCCCCC(NN)c1cc(C)nn1CC. The summed E-state index contributed by atoms with van der Waals surface area (Å²) in [6.07, 6.45) is 7.76. The van der Waals surface area contributed by atoms with Gasteiger partial charge in [0.25, 0.3) is 0 Å². The normalized spacial score (nSPS) is 12.6. The van der Waals surface area contributed by atoms with Crippen LogP contribution in [-0.2, 0) is 6.54 Å². The van der Waals surface area contributed by atoms with Crippen molar-refractivity contribution in [2.45, 2.75) is 58.5 Å². The fourth-order valence-electron chi connectivity index (χ4n) is 2.23. The van der Waals surface area contributed by atoms with Gasteiger partial charge in [-0.3, -0.25) is 16.0 Å². The highest BCUT2D eigenvalue weighted by atomic mass is 15.3. The van der Waals surface area contributed by atoms with Crippen LogP contribution in [0.4, 0.5) is 0 Å². The van der Waals surface area contributed by atoms with E-state index in [4.69, 9.17) is 5.84 Å². The number of hydrogen-bond acceptors (Lipinski definition) is 3. The minimum Gasteiger partial charge on any atom is -0.271 e. The molecule has 18 heavy (non-hydrogen) atoms. The van der Waals surface area contributed by atoms with Gasteiger partial charge in [-0.05, 0) is 39.2 Å². The summed E-state index contributed by atoms with van der Waals surface area (Å²) in [6, 6.07) is 2.33. The van der Waals surface area contributed by atoms with Crippen LogP contribution in [0.1, 0.15) is 56.5 Å². The van der Waals surface area contributed by atoms with Crippen LogP contribution < -0.4 is 11.3 Å². The molecule has 102 valence electrons. The lowest BCUT2D eigenvalue weighted by molar-refractivity contribution is 0.446. The number of nitrogens with one attached hydrogen (secondary N) is 1. The molecule has 4 heteroatoms. The Morgan fingerprint density at radius 3 is 2.89 bits per heavy atom. The molecule has 1 aromatic heterocycles. The van der Waals surface area contributed by atoms with E-state index >= 15 is 0 Å². The summed E-state index contributed by atoms with van der Waals surface area (Å²) >= 11 is 0. The Labute approximate surface area is 110 Å². The molecule has 1 rings (SSSR count). The smallest absolute Gasteiger partial charge is 0.0629 e. The molecular weight excluding hydrogens is 224 g/mol. The zero-order valence-corrected chi connectivity index (χ0v) is 11.7. The first kappa shape index (κ1) is 14.9. The number of nitrogens with zero attached hydrogens (tertiary/aromatic N) is 2. The van der Waals surface area contributed by atoms with Crippen LogP contribution in [0.2, 0.25) is 0 Å². The molecule has 0 bridgehead atoms. The summed E-state index contributed by atoms with van der Waals surface area (Å²) in [4.78, 5) is 0. The van der Waals surface area contributed by atoms with E-state index in [9.17, 15) is 0 Å². The lowest BCUT2D eigenvalue weighted by Crippen LogP contribution is -2.29. The predicted octanol–water partition coefficient (Wildman–Crippen LogP) is 2.85. The van der Waals surface area contributed by atoms with E-state index in [-0.39, 0.29) is 6.04 Å². The summed E-state index contributed by atoms with van der Waals surface area (Å²) < 4.78 is 2.03. The van der Waals surface area contributed by atoms with Crippen LogP contribution in [0.25, 0.3) is 0 Å². The maximum absolute atomic E-state index is 5.67. The second-order valence-corrected chi connectivity index (χ2v) is 4.67. The number of hydrazine groups is 1. The molecule has 4 nitrogen and oxygen atoms in total. The van der Waals surface area contributed by atoms with Crippen LogP contribution in [-0.4, -0.2) is 9.78 Å². The molecule has 3 N–H and O–H groups in total. The highest BCUT2D eigenvalue weighted by Gasteiger charge is 2.15. The minimum absolute atomic E-state index is 0.204. The number of aromatic nitrogens is 2. The van der Waals surface area contributed by atoms with E-state index in [1.807, 2.05) is 17.7 Å². The molecule has 0 aromatic carbocycles. The van der Waals surface area contributed by atoms with Gasteiger partial charge in [0.1, 0.15) is 0 Å². The first-order valence-corrected chi connectivity index (χ1v) is 6.84. The van der Waals surface area contributed by atoms with Gasteiger partial charge in [0.2, 0.25) is 0 Å². The average Bonchev–Trinajstić information content (AvgIpc) is 2.75. The van der Waals surface area contributed by atoms with Crippen LogP contribution in [0.15, 0.2) is 18.7 Å². The Balaban J connectivity index is 2.51. The van der Waals surface area contributed by atoms with E-state index in [1.165, 1.54) is 25.0 Å². The van der Waals surface area contributed by atoms with E-state index in [0.717, 1.165) is 25.1 Å². The van der Waals surface area contributed by atoms with Gasteiger partial charge in [-0.15, -0.1) is 6.58 Å². The molecule has 0 aliphatic heterocycles. The Kier molecular flexibility index (Phi) is 6.68. The van der Waals surface area contributed by atoms with Gasteiger partial charge in [0, 0.05) is 6.54 Å². The number of nitrogens with two attached hydrogens (primary N) is 1. The maximum atomic E-state index is 5.67. The summed E-state index contributed by atoms with van der Waals surface area (Å²) in [5, 5.41) is 4.46. The zero-order chi connectivity index (χ0) is 13.4. The summed E-state index contributed by atoms with van der Waals surface area (Å²) in [6.45, 7) is 8.75. The fourth-order valence-corrected chi connectivity index (χ4v) is 2.23. The van der Waals surface area contributed by atoms with Crippen molar-refractivity contribution in [3.63, 3.8) is 0 Å². The first-order valence-electron chi connectivity index (χ1n) is 6.84. The van der Waals surface area contributed by atoms with Crippen molar-refractivity contribution in [1.82, 2.24) is 15.2 Å². The van der Waals surface area contributed by atoms with Crippen molar-refractivity contribution in [1.29, 1.82) is 0 Å². The van der Waals surface area contributed by atoms with Gasteiger partial charge in [-0.2, -0.15) is 5.10 Å². The molecule has 0 saturated carbocycles. The maximum Gasteiger partial charge on any atom is 0.0629 e. The van der Waals surface area contributed by atoms with Gasteiger partial charge in [0.05, 0.1) is 17.4 Å². The van der Waals surface area contributed by atoms with E-state index < -0.39 is 0 Å². The van der Waals surface area contributed by atoms with Crippen molar-refractivity contribution in [3.8, 4) is 0 Å². The first-order chi connectivity index (χ1) is 8.72. The van der Waals surface area contributed by atoms with E-state index in [2.05, 4.69) is 30.1 Å². The number of hydrogen-bond donors (Lipinski definition) is 2.